The quantitative estimate of drug-likeness (QED) is 0.390. The third-order valence-electron chi connectivity index (χ3n) is 1.59. The first kappa shape index (κ1) is 12.4. The second-order valence-corrected chi connectivity index (χ2v) is 2.71. The van der Waals surface area contributed by atoms with Crippen molar-refractivity contribution >= 4 is 29.5 Å². The Balaban J connectivity index is 2.46. The molecule has 1 heterocycles. The first-order valence-corrected chi connectivity index (χ1v) is 4.30. The summed E-state index contributed by atoms with van der Waals surface area (Å²) in [5.41, 5.74) is 4.17. The van der Waals surface area contributed by atoms with Crippen LogP contribution in [0.2, 0.25) is 0 Å². The highest BCUT2D eigenvalue weighted by Crippen LogP contribution is 1.84. The first-order valence-electron chi connectivity index (χ1n) is 4.30. The van der Waals surface area contributed by atoms with Crippen LogP contribution in [0.1, 0.15) is 0 Å². The summed E-state index contributed by atoms with van der Waals surface area (Å²) in [7, 11) is 1.18. The predicted octanol–water partition coefficient (Wildman–Crippen LogP) is -2.82. The summed E-state index contributed by atoms with van der Waals surface area (Å²) in [6.07, 6.45) is 0. The van der Waals surface area contributed by atoms with Crippen molar-refractivity contribution in [3.05, 3.63) is 0 Å². The lowest BCUT2D eigenvalue weighted by atomic mass is 10.5. The van der Waals surface area contributed by atoms with Gasteiger partial charge in [0.1, 0.15) is 6.54 Å². The molecule has 1 aliphatic heterocycles. The lowest BCUT2D eigenvalue weighted by Gasteiger charge is -2.11. The highest BCUT2D eigenvalue weighted by atomic mass is 16.5. The van der Waals surface area contributed by atoms with Gasteiger partial charge >= 0.3 is 11.9 Å². The van der Waals surface area contributed by atoms with Crippen molar-refractivity contribution in [2.24, 2.45) is 10.2 Å². The van der Waals surface area contributed by atoms with Crippen LogP contribution in [0, 0.1) is 0 Å². The maximum absolute atomic E-state index is 11.3. The third kappa shape index (κ3) is 3.44. The fraction of sp³-hybridized carbons (Fsp3) is 0.286. The SMILES string of the molecule is COC(=O)CNC(=O)C1=NNC(C(=O)O)=NN1. The molecule has 1 amide bonds. The summed E-state index contributed by atoms with van der Waals surface area (Å²) >= 11 is 0. The van der Waals surface area contributed by atoms with E-state index in [2.05, 4.69) is 31.1 Å². The number of hydrogen-bond donors (Lipinski definition) is 4. The first-order chi connectivity index (χ1) is 8.04. The molecule has 92 valence electrons. The summed E-state index contributed by atoms with van der Waals surface area (Å²) in [6, 6.07) is 0. The zero-order valence-corrected chi connectivity index (χ0v) is 8.68. The number of carboxylic acid groups (broad SMARTS) is 1. The number of aliphatic carboxylic acids is 1. The van der Waals surface area contributed by atoms with Gasteiger partial charge < -0.3 is 15.2 Å². The van der Waals surface area contributed by atoms with E-state index in [1.165, 1.54) is 7.11 Å². The number of ether oxygens (including phenoxy) is 1. The van der Waals surface area contributed by atoms with Crippen LogP contribution >= 0.6 is 0 Å². The molecule has 1 rings (SSSR count). The van der Waals surface area contributed by atoms with Crippen molar-refractivity contribution < 1.29 is 24.2 Å². The van der Waals surface area contributed by atoms with Crippen LogP contribution in [0.4, 0.5) is 0 Å². The maximum Gasteiger partial charge on any atom is 0.375 e. The van der Waals surface area contributed by atoms with Gasteiger partial charge in [-0.1, -0.05) is 0 Å². The molecule has 0 bridgehead atoms. The van der Waals surface area contributed by atoms with Crippen molar-refractivity contribution in [3.63, 3.8) is 0 Å². The normalized spacial score (nSPS) is 13.5. The molecule has 0 spiro atoms. The van der Waals surface area contributed by atoms with Crippen LogP contribution in [-0.2, 0) is 19.1 Å². The number of carbonyl (C=O) groups excluding carboxylic acids is 2. The van der Waals surface area contributed by atoms with E-state index in [-0.39, 0.29) is 12.4 Å². The molecule has 10 heteroatoms. The maximum atomic E-state index is 11.3. The summed E-state index contributed by atoms with van der Waals surface area (Å²) < 4.78 is 4.30. The van der Waals surface area contributed by atoms with Gasteiger partial charge in [0, 0.05) is 0 Å². The third-order valence-corrected chi connectivity index (χ3v) is 1.59. The van der Waals surface area contributed by atoms with Crippen LogP contribution in [0.5, 0.6) is 0 Å². The minimum absolute atomic E-state index is 0.265. The highest BCUT2D eigenvalue weighted by Gasteiger charge is 2.19. The summed E-state index contributed by atoms with van der Waals surface area (Å²) in [5, 5.41) is 17.4. The second kappa shape index (κ2) is 5.44. The van der Waals surface area contributed by atoms with Crippen LogP contribution in [0.3, 0.4) is 0 Å². The van der Waals surface area contributed by atoms with Gasteiger partial charge in [-0.05, 0) is 0 Å². The summed E-state index contributed by atoms with van der Waals surface area (Å²) in [6.45, 7) is -0.328. The lowest BCUT2D eigenvalue weighted by Crippen LogP contribution is -2.46. The molecule has 0 unspecified atom stereocenters. The average molecular weight is 243 g/mol. The zero-order chi connectivity index (χ0) is 12.8. The van der Waals surface area contributed by atoms with E-state index in [1.807, 2.05) is 0 Å². The number of nitrogens with zero attached hydrogens (tertiary/aromatic N) is 2. The van der Waals surface area contributed by atoms with Gasteiger partial charge in [-0.25, -0.2) is 4.79 Å². The van der Waals surface area contributed by atoms with Gasteiger partial charge in [0.15, 0.2) is 0 Å². The Hall–Kier alpha value is -2.65. The molecule has 0 aromatic heterocycles. The number of carbonyl (C=O) groups is 3. The molecular weight excluding hydrogens is 234 g/mol. The van der Waals surface area contributed by atoms with E-state index in [4.69, 9.17) is 5.11 Å². The van der Waals surface area contributed by atoms with Gasteiger partial charge in [0.05, 0.1) is 7.11 Å². The number of amidine groups is 2. The molecule has 0 aliphatic carbocycles. The fourth-order valence-corrected chi connectivity index (χ4v) is 0.773. The molecule has 1 aliphatic rings. The number of methoxy groups -OCH3 is 1. The van der Waals surface area contributed by atoms with E-state index >= 15 is 0 Å². The Kier molecular flexibility index (Phi) is 3.97. The van der Waals surface area contributed by atoms with Crippen molar-refractivity contribution in [2.75, 3.05) is 13.7 Å². The standard InChI is InChI=1S/C7H9N5O5/c1-17-3(13)2-8-6(14)4-9-11-5(7(15)16)12-10-4/h2H2,1H3,(H,8,14)(H,9,10)(H,11,12)(H,15,16). The topological polar surface area (TPSA) is 141 Å². The van der Waals surface area contributed by atoms with E-state index < -0.39 is 23.7 Å². The minimum Gasteiger partial charge on any atom is -0.475 e. The van der Waals surface area contributed by atoms with Crippen molar-refractivity contribution in [1.29, 1.82) is 0 Å². The van der Waals surface area contributed by atoms with Gasteiger partial charge in [-0.3, -0.25) is 20.4 Å². The van der Waals surface area contributed by atoms with E-state index in [9.17, 15) is 14.4 Å². The molecule has 10 nitrogen and oxygen atoms in total. The summed E-state index contributed by atoms with van der Waals surface area (Å²) in [4.78, 5) is 32.5. The van der Waals surface area contributed by atoms with Crippen LogP contribution in [0.25, 0.3) is 0 Å². The highest BCUT2D eigenvalue weighted by molar-refractivity contribution is 6.41. The molecule has 0 saturated carbocycles. The number of carboxylic acids is 1. The van der Waals surface area contributed by atoms with Crippen LogP contribution in [-0.4, -0.2) is 48.3 Å². The van der Waals surface area contributed by atoms with Gasteiger partial charge in [0.25, 0.3) is 11.7 Å². The minimum atomic E-state index is -1.32. The number of amides is 1. The number of rotatable bonds is 4. The van der Waals surface area contributed by atoms with E-state index in [0.717, 1.165) is 0 Å². The van der Waals surface area contributed by atoms with Gasteiger partial charge in [-0.2, -0.15) is 0 Å². The Morgan fingerprint density at radius 3 is 2.35 bits per heavy atom. The average Bonchev–Trinajstić information content (AvgIpc) is 2.35. The summed E-state index contributed by atoms with van der Waals surface area (Å²) in [5.74, 6) is -3.39. The zero-order valence-electron chi connectivity index (χ0n) is 8.68. The molecule has 0 radical (unpaired) electrons. The Labute approximate surface area is 94.7 Å². The van der Waals surface area contributed by atoms with Crippen molar-refractivity contribution in [3.8, 4) is 0 Å². The van der Waals surface area contributed by atoms with Crippen molar-refractivity contribution in [1.82, 2.24) is 16.2 Å². The number of esters is 1. The smallest absolute Gasteiger partial charge is 0.375 e. The molecular formula is C7H9N5O5. The molecule has 0 saturated heterocycles. The van der Waals surface area contributed by atoms with E-state index in [0.29, 0.717) is 0 Å². The monoisotopic (exact) mass is 243 g/mol. The van der Waals surface area contributed by atoms with Crippen LogP contribution in [0.15, 0.2) is 10.2 Å². The van der Waals surface area contributed by atoms with Crippen LogP contribution < -0.4 is 16.2 Å². The molecule has 0 fully saturated rings. The molecule has 0 aromatic carbocycles. The van der Waals surface area contributed by atoms with Crippen molar-refractivity contribution in [2.45, 2.75) is 0 Å². The fourth-order valence-electron chi connectivity index (χ4n) is 0.773. The van der Waals surface area contributed by atoms with Gasteiger partial charge in [-0.15, -0.1) is 10.2 Å². The van der Waals surface area contributed by atoms with E-state index in [1.54, 1.807) is 0 Å². The predicted molar refractivity (Wildman–Crippen MR) is 53.8 cm³/mol. The van der Waals surface area contributed by atoms with Gasteiger partial charge in [0.2, 0.25) is 5.84 Å². The number of hydrazone groups is 2. The molecule has 4 N–H and O–H groups in total. The molecule has 0 atom stereocenters. The Bertz CT molecular complexity index is 415. The number of nitrogens with one attached hydrogen (secondary N) is 3. The Morgan fingerprint density at radius 1 is 1.29 bits per heavy atom. The molecule has 0 aromatic rings. The lowest BCUT2D eigenvalue weighted by molar-refractivity contribution is -0.140. The second-order valence-electron chi connectivity index (χ2n) is 2.71. The Morgan fingerprint density at radius 2 is 1.88 bits per heavy atom. The largest absolute Gasteiger partial charge is 0.475 e. The number of hydrogen-bond acceptors (Lipinski definition) is 8. The molecule has 17 heavy (non-hydrogen) atoms.